The molecule has 0 fully saturated rings. The zero-order valence-electron chi connectivity index (χ0n) is 13.6. The van der Waals surface area contributed by atoms with Crippen LogP contribution in [0.15, 0.2) is 4.99 Å². The zero-order chi connectivity index (χ0) is 15.1. The van der Waals surface area contributed by atoms with E-state index in [9.17, 15) is 0 Å². The van der Waals surface area contributed by atoms with Gasteiger partial charge in [-0.15, -0.1) is 24.0 Å². The molecular formula is C14H28IN5O. The fourth-order valence-corrected chi connectivity index (χ4v) is 1.89. The van der Waals surface area contributed by atoms with Crippen molar-refractivity contribution in [3.63, 3.8) is 0 Å². The van der Waals surface area contributed by atoms with Crippen molar-refractivity contribution in [3.8, 4) is 0 Å². The van der Waals surface area contributed by atoms with Gasteiger partial charge in [-0.05, 0) is 19.8 Å². The highest BCUT2D eigenvalue weighted by Gasteiger charge is 2.10. The number of nitrogens with zero attached hydrogens (tertiary/aromatic N) is 3. The van der Waals surface area contributed by atoms with Gasteiger partial charge in [-0.2, -0.15) is 5.10 Å². The molecule has 122 valence electrons. The first-order valence-electron chi connectivity index (χ1n) is 7.01. The number of methoxy groups -OCH3 is 1. The molecule has 21 heavy (non-hydrogen) atoms. The molecule has 1 aromatic rings. The largest absolute Gasteiger partial charge is 0.383 e. The lowest BCUT2D eigenvalue weighted by atomic mass is 10.2. The molecule has 6 nitrogen and oxygen atoms in total. The van der Waals surface area contributed by atoms with E-state index in [0.29, 0.717) is 25.0 Å². The van der Waals surface area contributed by atoms with E-state index in [4.69, 9.17) is 10.5 Å². The molecule has 0 aromatic carbocycles. The Morgan fingerprint density at radius 1 is 1.43 bits per heavy atom. The molecule has 0 spiro atoms. The van der Waals surface area contributed by atoms with Crippen LogP contribution in [-0.4, -0.2) is 36.0 Å². The van der Waals surface area contributed by atoms with Crippen molar-refractivity contribution in [1.82, 2.24) is 15.1 Å². The predicted molar refractivity (Wildman–Crippen MR) is 97.2 cm³/mol. The molecule has 0 amide bonds. The van der Waals surface area contributed by atoms with E-state index in [0.717, 1.165) is 30.0 Å². The monoisotopic (exact) mass is 409 g/mol. The third-order valence-corrected chi connectivity index (χ3v) is 3.14. The molecule has 0 aliphatic rings. The van der Waals surface area contributed by atoms with E-state index >= 15 is 0 Å². The Morgan fingerprint density at radius 3 is 2.67 bits per heavy atom. The van der Waals surface area contributed by atoms with Gasteiger partial charge in [-0.3, -0.25) is 4.68 Å². The van der Waals surface area contributed by atoms with Crippen molar-refractivity contribution < 1.29 is 4.74 Å². The highest BCUT2D eigenvalue weighted by molar-refractivity contribution is 14.0. The summed E-state index contributed by atoms with van der Waals surface area (Å²) < 4.78 is 7.04. The van der Waals surface area contributed by atoms with Gasteiger partial charge in [0.1, 0.15) is 0 Å². The average Bonchev–Trinajstić information content (AvgIpc) is 2.66. The Hall–Kier alpha value is -0.830. The third-order valence-electron chi connectivity index (χ3n) is 3.14. The maximum Gasteiger partial charge on any atom is 0.188 e. The van der Waals surface area contributed by atoms with Crippen molar-refractivity contribution in [1.29, 1.82) is 0 Å². The van der Waals surface area contributed by atoms with Gasteiger partial charge in [0, 0.05) is 24.9 Å². The minimum absolute atomic E-state index is 0. The number of hydrogen-bond acceptors (Lipinski definition) is 3. The van der Waals surface area contributed by atoms with Crippen LogP contribution in [0.1, 0.15) is 30.8 Å². The van der Waals surface area contributed by atoms with Gasteiger partial charge in [0.25, 0.3) is 0 Å². The number of hydrogen-bond donors (Lipinski definition) is 2. The first-order valence-corrected chi connectivity index (χ1v) is 7.01. The van der Waals surface area contributed by atoms with Gasteiger partial charge in [-0.25, -0.2) is 4.99 Å². The average molecular weight is 409 g/mol. The molecule has 0 unspecified atom stereocenters. The van der Waals surface area contributed by atoms with Crippen molar-refractivity contribution in [2.24, 2.45) is 16.6 Å². The molecule has 1 heterocycles. The highest BCUT2D eigenvalue weighted by Crippen LogP contribution is 2.14. The van der Waals surface area contributed by atoms with Crippen molar-refractivity contribution in [2.75, 3.05) is 20.3 Å². The topological polar surface area (TPSA) is 77.5 Å². The van der Waals surface area contributed by atoms with Crippen molar-refractivity contribution in [3.05, 3.63) is 17.0 Å². The number of ether oxygens (including phenoxy) is 1. The van der Waals surface area contributed by atoms with Crippen LogP contribution in [0.4, 0.5) is 0 Å². The number of aromatic nitrogens is 2. The quantitative estimate of drug-likeness (QED) is 0.409. The fourth-order valence-electron chi connectivity index (χ4n) is 1.89. The second-order valence-electron chi connectivity index (χ2n) is 5.34. The molecular weight excluding hydrogens is 381 g/mol. The fraction of sp³-hybridized carbons (Fsp3) is 0.714. The van der Waals surface area contributed by atoms with Gasteiger partial charge in [0.2, 0.25) is 0 Å². The number of guanidine groups is 1. The summed E-state index contributed by atoms with van der Waals surface area (Å²) in [6.45, 7) is 11.1. The van der Waals surface area contributed by atoms with Gasteiger partial charge in [0.05, 0.1) is 25.4 Å². The highest BCUT2D eigenvalue weighted by atomic mass is 127. The van der Waals surface area contributed by atoms with Crippen LogP contribution < -0.4 is 11.1 Å². The maximum atomic E-state index is 5.85. The number of halogens is 1. The lowest BCUT2D eigenvalue weighted by Crippen LogP contribution is -2.34. The molecule has 0 radical (unpaired) electrons. The molecule has 0 saturated carbocycles. The summed E-state index contributed by atoms with van der Waals surface area (Å²) in [7, 11) is 1.69. The number of aliphatic imine (C=N–C) groups is 1. The second kappa shape index (κ2) is 9.99. The molecule has 0 atom stereocenters. The molecule has 1 aromatic heterocycles. The van der Waals surface area contributed by atoms with E-state index in [1.165, 1.54) is 0 Å². The Kier molecular flexibility index (Phi) is 9.60. The first-order chi connectivity index (χ1) is 9.45. The summed E-state index contributed by atoms with van der Waals surface area (Å²) in [6, 6.07) is 0. The second-order valence-corrected chi connectivity index (χ2v) is 5.34. The molecule has 0 bridgehead atoms. The summed E-state index contributed by atoms with van der Waals surface area (Å²) in [5.74, 6) is 1.03. The maximum absolute atomic E-state index is 5.85. The lowest BCUT2D eigenvalue weighted by Gasteiger charge is -2.08. The van der Waals surface area contributed by atoms with Crippen molar-refractivity contribution >= 4 is 29.9 Å². The van der Waals surface area contributed by atoms with Crippen molar-refractivity contribution in [2.45, 2.75) is 40.8 Å². The summed E-state index contributed by atoms with van der Waals surface area (Å²) in [6.07, 6.45) is 0. The molecule has 1 rings (SSSR count). The Morgan fingerprint density at radius 2 is 2.10 bits per heavy atom. The van der Waals surface area contributed by atoms with E-state index in [1.54, 1.807) is 7.11 Å². The molecule has 0 aliphatic heterocycles. The molecule has 0 saturated heterocycles. The van der Waals surface area contributed by atoms with Crippen LogP contribution in [0.2, 0.25) is 0 Å². The number of aryl methyl sites for hydroxylation is 1. The van der Waals surface area contributed by atoms with Crippen LogP contribution in [0.3, 0.4) is 0 Å². The summed E-state index contributed by atoms with van der Waals surface area (Å²) in [5, 5.41) is 7.62. The zero-order valence-corrected chi connectivity index (χ0v) is 16.0. The minimum atomic E-state index is 0. The Labute approximate surface area is 144 Å². The lowest BCUT2D eigenvalue weighted by molar-refractivity contribution is 0.182. The first kappa shape index (κ1) is 20.2. The van der Waals surface area contributed by atoms with E-state index in [2.05, 4.69) is 36.2 Å². The number of nitrogens with two attached hydrogens (primary N) is 1. The number of rotatable bonds is 7. The van der Waals surface area contributed by atoms with Crippen LogP contribution in [0.25, 0.3) is 0 Å². The minimum Gasteiger partial charge on any atom is -0.383 e. The summed E-state index contributed by atoms with van der Waals surface area (Å²) in [5.41, 5.74) is 9.11. The number of nitrogens with one attached hydrogen (secondary N) is 1. The van der Waals surface area contributed by atoms with Crippen LogP contribution in [0, 0.1) is 19.8 Å². The van der Waals surface area contributed by atoms with E-state index < -0.39 is 0 Å². The van der Waals surface area contributed by atoms with E-state index in [1.807, 2.05) is 11.6 Å². The normalized spacial score (nSPS) is 11.6. The van der Waals surface area contributed by atoms with Gasteiger partial charge >= 0.3 is 0 Å². The Balaban J connectivity index is 0.00000400. The standard InChI is InChI=1S/C14H27N5O.HI/c1-10(2)8-16-14(15)17-9-13-11(3)18-19(12(13)4)6-7-20-5;/h10H,6-9H2,1-5H3,(H3,15,16,17);1H. The third kappa shape index (κ3) is 6.64. The Bertz CT molecular complexity index is 456. The van der Waals surface area contributed by atoms with Gasteiger partial charge in [0.15, 0.2) is 5.96 Å². The predicted octanol–water partition coefficient (Wildman–Crippen LogP) is 1.82. The summed E-state index contributed by atoms with van der Waals surface area (Å²) in [4.78, 5) is 4.38. The molecule has 0 aliphatic carbocycles. The molecule has 3 N–H and O–H groups in total. The molecule has 7 heteroatoms. The van der Waals surface area contributed by atoms with E-state index in [-0.39, 0.29) is 24.0 Å². The van der Waals surface area contributed by atoms with Crippen LogP contribution in [-0.2, 0) is 17.8 Å². The smallest absolute Gasteiger partial charge is 0.188 e. The SMILES string of the molecule is COCCn1nc(C)c(CN=C(N)NCC(C)C)c1C.I. The van der Waals surface area contributed by atoms with Gasteiger partial charge in [-0.1, -0.05) is 13.8 Å². The van der Waals surface area contributed by atoms with Crippen LogP contribution in [0.5, 0.6) is 0 Å². The van der Waals surface area contributed by atoms with Gasteiger partial charge < -0.3 is 15.8 Å². The summed E-state index contributed by atoms with van der Waals surface area (Å²) >= 11 is 0. The van der Waals surface area contributed by atoms with Crippen LogP contribution >= 0.6 is 24.0 Å².